The van der Waals surface area contributed by atoms with Crippen molar-refractivity contribution in [3.63, 3.8) is 0 Å². The lowest BCUT2D eigenvalue weighted by Gasteiger charge is -2.28. The van der Waals surface area contributed by atoms with Crippen LogP contribution in [0, 0.1) is 11.8 Å². The molecule has 4 amide bonds. The second kappa shape index (κ2) is 17.8. The minimum atomic E-state index is -4.75. The molecule has 1 aliphatic rings. The number of benzodiazepines with no additional fused rings is 1. The molecule has 1 aliphatic heterocycles. The molecule has 0 radical (unpaired) electrons. The minimum absolute atomic E-state index is 0.00990. The molecule has 17 heteroatoms. The molecule has 280 valence electrons. The Labute approximate surface area is 296 Å². The van der Waals surface area contributed by atoms with Crippen molar-refractivity contribution in [3.05, 3.63) is 65.7 Å². The summed E-state index contributed by atoms with van der Waals surface area (Å²) in [7, 11) is 1.44. The number of ether oxygens (including phenoxy) is 1. The first-order valence-electron chi connectivity index (χ1n) is 16.1. The van der Waals surface area contributed by atoms with Gasteiger partial charge < -0.3 is 20.3 Å². The average molecular weight is 746 g/mol. The van der Waals surface area contributed by atoms with E-state index in [1.54, 1.807) is 75.4 Å². The highest BCUT2D eigenvalue weighted by Crippen LogP contribution is 2.33. The SMILES string of the molecule is CN1C(=O)C(NC(=O)C(CCCC(F)(F)F)C(CCC(F)(F)F)C(=O)NSCCNC(=O)OC(C)(C)C)N=C(c2ccccc2)c2ccccc21. The zero-order valence-electron chi connectivity index (χ0n) is 28.5. The van der Waals surface area contributed by atoms with Crippen molar-refractivity contribution < 1.29 is 50.3 Å². The zero-order valence-corrected chi connectivity index (χ0v) is 29.3. The van der Waals surface area contributed by atoms with Crippen LogP contribution in [0.4, 0.5) is 36.8 Å². The number of carbonyl (C=O) groups is 4. The Kier molecular flexibility index (Phi) is 14.3. The van der Waals surface area contributed by atoms with E-state index in [4.69, 9.17) is 4.74 Å². The first-order valence-corrected chi connectivity index (χ1v) is 17.1. The van der Waals surface area contributed by atoms with Crippen LogP contribution in [-0.2, 0) is 19.1 Å². The van der Waals surface area contributed by atoms with Crippen molar-refractivity contribution >= 4 is 47.2 Å². The predicted octanol–water partition coefficient (Wildman–Crippen LogP) is 6.54. The number of fused-ring (bicyclic) bond motifs is 1. The fourth-order valence-electron chi connectivity index (χ4n) is 5.27. The van der Waals surface area contributed by atoms with Crippen molar-refractivity contribution in [2.45, 2.75) is 77.0 Å². The van der Waals surface area contributed by atoms with Gasteiger partial charge in [-0.2, -0.15) is 26.3 Å². The van der Waals surface area contributed by atoms with Crippen molar-refractivity contribution in [1.82, 2.24) is 15.4 Å². The van der Waals surface area contributed by atoms with Crippen LogP contribution in [0.25, 0.3) is 0 Å². The molecule has 3 atom stereocenters. The summed E-state index contributed by atoms with van der Waals surface area (Å²) in [6, 6.07) is 15.5. The van der Waals surface area contributed by atoms with Crippen LogP contribution in [-0.4, -0.2) is 73.0 Å². The smallest absolute Gasteiger partial charge is 0.407 e. The molecule has 2 aromatic carbocycles. The maximum Gasteiger partial charge on any atom is 0.407 e. The van der Waals surface area contributed by atoms with E-state index in [9.17, 15) is 45.5 Å². The van der Waals surface area contributed by atoms with Gasteiger partial charge in [0, 0.05) is 49.2 Å². The number of alkyl halides is 6. The number of carbonyl (C=O) groups excluding carboxylic acids is 4. The van der Waals surface area contributed by atoms with Crippen molar-refractivity contribution in [3.8, 4) is 0 Å². The van der Waals surface area contributed by atoms with E-state index in [1.807, 2.05) is 0 Å². The third-order valence-electron chi connectivity index (χ3n) is 7.59. The van der Waals surface area contributed by atoms with Crippen LogP contribution >= 0.6 is 11.9 Å². The first-order chi connectivity index (χ1) is 23.8. The summed E-state index contributed by atoms with van der Waals surface area (Å²) < 4.78 is 87.3. The van der Waals surface area contributed by atoms with Crippen LogP contribution in [0.3, 0.4) is 0 Å². The summed E-state index contributed by atoms with van der Waals surface area (Å²) in [6.45, 7) is 4.95. The fraction of sp³-hybridized carbons (Fsp3) is 0.500. The standard InChI is InChI=1S/C34H41F6N5O5S/c1-32(2,3)50-31(49)41-19-20-51-44-29(47)23(16-18-34(38,39)40)22(14-10-17-33(35,36)37)28(46)43-27-30(48)45(4)25-15-9-8-13-24(25)26(42-27)21-11-6-5-7-12-21/h5-9,11-13,15,22-23,27H,10,14,16-20H2,1-4H3,(H,41,49)(H,43,46)(H,44,47). The number of hydrogen-bond donors (Lipinski definition) is 3. The minimum Gasteiger partial charge on any atom is -0.444 e. The van der Waals surface area contributed by atoms with Gasteiger partial charge in [0.25, 0.3) is 5.91 Å². The van der Waals surface area contributed by atoms with E-state index in [0.29, 0.717) is 22.5 Å². The number of nitrogens with zero attached hydrogens (tertiary/aromatic N) is 2. The lowest BCUT2D eigenvalue weighted by atomic mass is 9.83. The molecular weight excluding hydrogens is 704 g/mol. The Morgan fingerprint density at radius 1 is 0.882 bits per heavy atom. The Balaban J connectivity index is 1.90. The molecule has 0 saturated heterocycles. The number of hydrogen-bond acceptors (Lipinski definition) is 7. The lowest BCUT2D eigenvalue weighted by Crippen LogP contribution is -2.50. The summed E-state index contributed by atoms with van der Waals surface area (Å²) in [4.78, 5) is 58.6. The summed E-state index contributed by atoms with van der Waals surface area (Å²) in [5.74, 6) is -6.25. The molecule has 2 aromatic rings. The third-order valence-corrected chi connectivity index (χ3v) is 8.34. The highest BCUT2D eigenvalue weighted by Gasteiger charge is 2.40. The van der Waals surface area contributed by atoms with Crippen molar-refractivity contribution in [1.29, 1.82) is 0 Å². The van der Waals surface area contributed by atoms with Gasteiger partial charge in [-0.25, -0.2) is 9.79 Å². The van der Waals surface area contributed by atoms with Gasteiger partial charge in [0.1, 0.15) is 5.60 Å². The molecule has 0 spiro atoms. The second-order valence-electron chi connectivity index (χ2n) is 12.8. The number of likely N-dealkylation sites (N-methyl/N-ethyl adjacent to an activating group) is 1. The monoisotopic (exact) mass is 745 g/mol. The molecule has 3 N–H and O–H groups in total. The van der Waals surface area contributed by atoms with Crippen LogP contribution < -0.4 is 20.3 Å². The van der Waals surface area contributed by atoms with E-state index in [-0.39, 0.29) is 12.3 Å². The number of halogens is 6. The van der Waals surface area contributed by atoms with Gasteiger partial charge in [0.05, 0.1) is 17.3 Å². The molecule has 3 unspecified atom stereocenters. The highest BCUT2D eigenvalue weighted by atomic mass is 32.2. The fourth-order valence-corrected chi connectivity index (χ4v) is 5.87. The zero-order chi connectivity index (χ0) is 38.0. The van der Waals surface area contributed by atoms with E-state index >= 15 is 0 Å². The van der Waals surface area contributed by atoms with Gasteiger partial charge in [-0.1, -0.05) is 48.5 Å². The average Bonchev–Trinajstić information content (AvgIpc) is 3.13. The molecule has 3 rings (SSSR count). The maximum absolute atomic E-state index is 13.9. The topological polar surface area (TPSA) is 129 Å². The van der Waals surface area contributed by atoms with Crippen molar-refractivity contribution in [2.75, 3.05) is 24.2 Å². The predicted molar refractivity (Wildman–Crippen MR) is 181 cm³/mol. The van der Waals surface area contributed by atoms with E-state index in [2.05, 4.69) is 20.3 Å². The van der Waals surface area contributed by atoms with Gasteiger partial charge in [-0.15, -0.1) is 0 Å². The molecule has 0 aromatic heterocycles. The number of para-hydroxylation sites is 1. The van der Waals surface area contributed by atoms with E-state index < -0.39 is 91.9 Å². The van der Waals surface area contributed by atoms with Crippen LogP contribution in [0.2, 0.25) is 0 Å². The molecular formula is C34H41F6N5O5S. The second-order valence-corrected chi connectivity index (χ2v) is 13.7. The van der Waals surface area contributed by atoms with Crippen LogP contribution in [0.15, 0.2) is 59.6 Å². The largest absolute Gasteiger partial charge is 0.444 e. The molecule has 0 fully saturated rings. The molecule has 51 heavy (non-hydrogen) atoms. The molecule has 0 saturated carbocycles. The van der Waals surface area contributed by atoms with Crippen LogP contribution in [0.1, 0.15) is 64.0 Å². The van der Waals surface area contributed by atoms with E-state index in [1.165, 1.54) is 11.9 Å². The summed E-state index contributed by atoms with van der Waals surface area (Å²) >= 11 is 0.725. The number of aliphatic imine (C=N–C) groups is 1. The Bertz CT molecular complexity index is 1550. The van der Waals surface area contributed by atoms with Crippen molar-refractivity contribution in [2.24, 2.45) is 16.8 Å². The number of benzene rings is 2. The highest BCUT2D eigenvalue weighted by molar-refractivity contribution is 7.97. The Morgan fingerprint density at radius 3 is 2.12 bits per heavy atom. The molecule has 1 heterocycles. The lowest BCUT2D eigenvalue weighted by molar-refractivity contribution is -0.147. The third kappa shape index (κ3) is 13.4. The number of nitrogens with one attached hydrogen (secondary N) is 3. The molecule has 10 nitrogen and oxygen atoms in total. The Hall–Kier alpha value is -4.28. The quantitative estimate of drug-likeness (QED) is 0.115. The number of amides is 4. The van der Waals surface area contributed by atoms with Gasteiger partial charge in [0.2, 0.25) is 18.0 Å². The van der Waals surface area contributed by atoms with Gasteiger partial charge in [0.15, 0.2) is 0 Å². The van der Waals surface area contributed by atoms with Gasteiger partial charge >= 0.3 is 18.4 Å². The first kappa shape index (κ1) is 41.1. The number of anilines is 1. The van der Waals surface area contributed by atoms with E-state index in [0.717, 1.165) is 11.9 Å². The number of rotatable bonds is 14. The van der Waals surface area contributed by atoms with Crippen LogP contribution in [0.5, 0.6) is 0 Å². The van der Waals surface area contributed by atoms with Gasteiger partial charge in [-0.3, -0.25) is 19.1 Å². The molecule has 0 bridgehead atoms. The summed E-state index contributed by atoms with van der Waals surface area (Å²) in [5.41, 5.74) is 1.11. The Morgan fingerprint density at radius 2 is 1.49 bits per heavy atom. The normalized spacial score (nSPS) is 16.3. The maximum atomic E-state index is 13.9. The summed E-state index contributed by atoms with van der Waals surface area (Å²) in [5, 5.41) is 4.88. The molecule has 0 aliphatic carbocycles. The van der Waals surface area contributed by atoms with Gasteiger partial charge in [-0.05, 0) is 58.0 Å². The summed E-state index contributed by atoms with van der Waals surface area (Å²) in [6.07, 6.45) is -16.8. The number of alkyl carbamates (subject to hydrolysis) is 1.